The van der Waals surface area contributed by atoms with Gasteiger partial charge in [-0.2, -0.15) is 0 Å². The molecule has 1 amide bonds. The molecule has 3 N–H and O–H groups in total. The van der Waals surface area contributed by atoms with Crippen LogP contribution < -0.4 is 5.73 Å². The minimum Gasteiger partial charge on any atom is -0.399 e. The maximum Gasteiger partial charge on any atom is 0.253 e. The van der Waals surface area contributed by atoms with Crippen LogP contribution in [0.5, 0.6) is 0 Å². The summed E-state index contributed by atoms with van der Waals surface area (Å²) in [4.78, 5) is 16.6. The third-order valence-electron chi connectivity index (χ3n) is 5.13. The molecule has 0 aliphatic carbocycles. The highest BCUT2D eigenvalue weighted by Crippen LogP contribution is 2.24. The summed E-state index contributed by atoms with van der Waals surface area (Å²) in [5.74, 6) is -0.0161. The van der Waals surface area contributed by atoms with Gasteiger partial charge in [0.05, 0.1) is 0 Å². The van der Waals surface area contributed by atoms with Crippen molar-refractivity contribution in [2.24, 2.45) is 0 Å². The molecule has 1 aliphatic heterocycles. The Balaban J connectivity index is 1.59. The van der Waals surface area contributed by atoms with E-state index in [4.69, 9.17) is 5.73 Å². The largest absolute Gasteiger partial charge is 0.399 e. The number of piperazine rings is 1. The molecule has 0 atom stereocenters. The Morgan fingerprint density at radius 3 is 2.29 bits per heavy atom. The van der Waals surface area contributed by atoms with E-state index < -0.39 is 19.0 Å². The van der Waals surface area contributed by atoms with E-state index in [2.05, 4.69) is 4.90 Å². The van der Waals surface area contributed by atoms with Gasteiger partial charge in [-0.3, -0.25) is 9.69 Å². The molecule has 0 radical (unpaired) electrons. The maximum atomic E-state index is 13.1. The zero-order valence-corrected chi connectivity index (χ0v) is 15.7. The Kier molecular flexibility index (Phi) is 6.26. The summed E-state index contributed by atoms with van der Waals surface area (Å²) in [5.41, 5.74) is 5.93. The first-order valence-corrected chi connectivity index (χ1v) is 9.26. The highest BCUT2D eigenvalue weighted by molar-refractivity contribution is 5.94. The lowest BCUT2D eigenvalue weighted by Crippen LogP contribution is -2.48. The minimum absolute atomic E-state index is 0.0161. The van der Waals surface area contributed by atoms with Crippen molar-refractivity contribution in [2.75, 3.05) is 45.3 Å². The molecule has 7 heteroatoms. The number of anilines is 1. The van der Waals surface area contributed by atoms with E-state index in [-0.39, 0.29) is 11.5 Å². The molecule has 0 spiro atoms. The second kappa shape index (κ2) is 8.67. The average molecular weight is 389 g/mol. The van der Waals surface area contributed by atoms with Crippen LogP contribution in [-0.4, -0.2) is 60.3 Å². The number of nitrogens with zero attached hydrogens (tertiary/aromatic N) is 2. The normalized spacial score (nSPS) is 15.6. The van der Waals surface area contributed by atoms with E-state index >= 15 is 0 Å². The number of amides is 1. The first-order valence-electron chi connectivity index (χ1n) is 9.26. The molecule has 1 heterocycles. The maximum absolute atomic E-state index is 13.1. The molecule has 3 rings (SSSR count). The van der Waals surface area contributed by atoms with Crippen LogP contribution in [0.2, 0.25) is 0 Å². The molecular formula is C21H25F2N3O2. The van der Waals surface area contributed by atoms with Gasteiger partial charge in [-0.1, -0.05) is 24.3 Å². The fraction of sp³-hybridized carbons (Fsp3) is 0.381. The van der Waals surface area contributed by atoms with E-state index in [1.165, 1.54) is 6.07 Å². The van der Waals surface area contributed by atoms with Crippen LogP contribution in [0.1, 0.15) is 21.5 Å². The van der Waals surface area contributed by atoms with E-state index in [1.807, 2.05) is 11.0 Å². The first-order chi connectivity index (χ1) is 13.4. The van der Waals surface area contributed by atoms with Crippen molar-refractivity contribution < 1.29 is 18.7 Å². The second-order valence-corrected chi connectivity index (χ2v) is 7.19. The lowest BCUT2D eigenvalue weighted by atomic mass is 9.95. The number of alkyl halides is 2. The van der Waals surface area contributed by atoms with Crippen LogP contribution in [0.15, 0.2) is 48.5 Å². The van der Waals surface area contributed by atoms with Crippen LogP contribution >= 0.6 is 0 Å². The van der Waals surface area contributed by atoms with Crippen LogP contribution in [-0.2, 0) is 12.1 Å². The van der Waals surface area contributed by atoms with Gasteiger partial charge in [0, 0.05) is 44.0 Å². The zero-order chi connectivity index (χ0) is 20.1. The first kappa shape index (κ1) is 20.2. The predicted molar refractivity (Wildman–Crippen MR) is 104 cm³/mol. The highest BCUT2D eigenvalue weighted by atomic mass is 19.1. The third-order valence-corrected chi connectivity index (χ3v) is 5.13. The quantitative estimate of drug-likeness (QED) is 0.744. The van der Waals surface area contributed by atoms with Gasteiger partial charge in [0.25, 0.3) is 5.91 Å². The number of hydrogen-bond acceptors (Lipinski definition) is 4. The van der Waals surface area contributed by atoms with Gasteiger partial charge in [0.1, 0.15) is 19.0 Å². The van der Waals surface area contributed by atoms with Crippen LogP contribution in [0.3, 0.4) is 0 Å². The number of benzene rings is 2. The standard InChI is InChI=1S/C21H25F2N3O2/c22-14-21(28,15-23)18-3-1-2-16(12-18)13-25-8-10-26(11-9-25)20(27)17-4-6-19(24)7-5-17/h1-7,12,28H,8-11,13-15,24H2. The Hall–Kier alpha value is -2.51. The monoisotopic (exact) mass is 389 g/mol. The molecule has 0 bridgehead atoms. The molecule has 1 saturated heterocycles. The topological polar surface area (TPSA) is 69.8 Å². The summed E-state index contributed by atoms with van der Waals surface area (Å²) in [5, 5.41) is 10.0. The van der Waals surface area contributed by atoms with Crippen molar-refractivity contribution in [3.63, 3.8) is 0 Å². The number of carbonyl (C=O) groups is 1. The molecule has 1 aliphatic rings. The fourth-order valence-corrected chi connectivity index (χ4v) is 3.32. The van der Waals surface area contributed by atoms with Crippen LogP contribution in [0.25, 0.3) is 0 Å². The summed E-state index contributed by atoms with van der Waals surface area (Å²) in [6.07, 6.45) is 0. The number of nitrogens with two attached hydrogens (primary N) is 1. The summed E-state index contributed by atoms with van der Waals surface area (Å²) in [6.45, 7) is 0.844. The fourth-order valence-electron chi connectivity index (χ4n) is 3.32. The predicted octanol–water partition coefficient (Wildman–Crippen LogP) is 2.35. The van der Waals surface area contributed by atoms with Gasteiger partial charge >= 0.3 is 0 Å². The van der Waals surface area contributed by atoms with Gasteiger partial charge < -0.3 is 15.7 Å². The number of hydrogen-bond donors (Lipinski definition) is 2. The van der Waals surface area contributed by atoms with E-state index in [0.717, 1.165) is 5.56 Å². The van der Waals surface area contributed by atoms with Crippen molar-refractivity contribution in [1.29, 1.82) is 0 Å². The van der Waals surface area contributed by atoms with Gasteiger partial charge in [-0.15, -0.1) is 0 Å². The van der Waals surface area contributed by atoms with Crippen LogP contribution in [0, 0.1) is 0 Å². The van der Waals surface area contributed by atoms with Gasteiger partial charge in [-0.05, 0) is 35.4 Å². The summed E-state index contributed by atoms with van der Waals surface area (Å²) in [7, 11) is 0. The van der Waals surface area contributed by atoms with Gasteiger partial charge in [0.2, 0.25) is 0 Å². The Morgan fingerprint density at radius 1 is 1.04 bits per heavy atom. The number of nitrogen functional groups attached to an aromatic ring is 1. The van der Waals surface area contributed by atoms with Crippen LogP contribution in [0.4, 0.5) is 14.5 Å². The van der Waals surface area contributed by atoms with Crippen molar-refractivity contribution in [1.82, 2.24) is 9.80 Å². The van der Waals surface area contributed by atoms with Crippen molar-refractivity contribution in [3.05, 3.63) is 65.2 Å². The molecule has 0 unspecified atom stereocenters. The average Bonchev–Trinajstić information content (AvgIpc) is 2.74. The number of halogens is 2. The highest BCUT2D eigenvalue weighted by Gasteiger charge is 2.30. The molecule has 2 aromatic rings. The number of rotatable bonds is 6. The Morgan fingerprint density at radius 2 is 1.68 bits per heavy atom. The number of carbonyl (C=O) groups excluding carboxylic acids is 1. The van der Waals surface area contributed by atoms with E-state index in [9.17, 15) is 18.7 Å². The summed E-state index contributed by atoms with van der Waals surface area (Å²) < 4.78 is 26.1. The molecular weight excluding hydrogens is 364 g/mol. The molecule has 150 valence electrons. The summed E-state index contributed by atoms with van der Waals surface area (Å²) in [6, 6.07) is 13.6. The lowest BCUT2D eigenvalue weighted by Gasteiger charge is -2.35. The van der Waals surface area contributed by atoms with E-state index in [0.29, 0.717) is 44.0 Å². The molecule has 28 heavy (non-hydrogen) atoms. The minimum atomic E-state index is -2.08. The Bertz CT molecular complexity index is 802. The SMILES string of the molecule is Nc1ccc(C(=O)N2CCN(Cc3cccc(C(O)(CF)CF)c3)CC2)cc1. The lowest BCUT2D eigenvalue weighted by molar-refractivity contribution is -0.0112. The molecule has 1 fully saturated rings. The van der Waals surface area contributed by atoms with Gasteiger partial charge in [-0.25, -0.2) is 8.78 Å². The second-order valence-electron chi connectivity index (χ2n) is 7.19. The van der Waals surface area contributed by atoms with Gasteiger partial charge in [0.15, 0.2) is 0 Å². The molecule has 2 aromatic carbocycles. The summed E-state index contributed by atoms with van der Waals surface area (Å²) >= 11 is 0. The molecule has 5 nitrogen and oxygen atoms in total. The smallest absolute Gasteiger partial charge is 0.253 e. The molecule has 0 aromatic heterocycles. The van der Waals surface area contributed by atoms with Crippen molar-refractivity contribution in [2.45, 2.75) is 12.1 Å². The Labute approximate surface area is 163 Å². The van der Waals surface area contributed by atoms with E-state index in [1.54, 1.807) is 36.4 Å². The van der Waals surface area contributed by atoms with Crippen molar-refractivity contribution >= 4 is 11.6 Å². The molecule has 0 saturated carbocycles. The third kappa shape index (κ3) is 4.48. The van der Waals surface area contributed by atoms with Crippen molar-refractivity contribution in [3.8, 4) is 0 Å². The number of aliphatic hydroxyl groups is 1. The zero-order valence-electron chi connectivity index (χ0n) is 15.7.